The van der Waals surface area contributed by atoms with E-state index >= 15 is 0 Å². The molecule has 0 bridgehead atoms. The third kappa shape index (κ3) is 8.61. The minimum absolute atomic E-state index is 0.0382. The summed E-state index contributed by atoms with van der Waals surface area (Å²) in [6, 6.07) is 0. The lowest BCUT2D eigenvalue weighted by atomic mass is 9.97. The summed E-state index contributed by atoms with van der Waals surface area (Å²) in [6.07, 6.45) is 12.9. The van der Waals surface area contributed by atoms with Crippen LogP contribution in [-0.4, -0.2) is 37.6 Å². The quantitative estimate of drug-likeness (QED) is 0.776. The van der Waals surface area contributed by atoms with E-state index in [0.29, 0.717) is 6.61 Å². The number of aliphatic hydroxyl groups is 1. The first kappa shape index (κ1) is 16.9. The molecule has 0 aromatic carbocycles. The third-order valence-electron chi connectivity index (χ3n) is 3.99. The second-order valence-corrected chi connectivity index (χ2v) is 5.73. The normalized spacial score (nSPS) is 27.5. The second kappa shape index (κ2) is 11.7. The Hall–Kier alpha value is -0.120. The molecular formula is C16H32O3. The van der Waals surface area contributed by atoms with Gasteiger partial charge >= 0.3 is 0 Å². The second-order valence-electron chi connectivity index (χ2n) is 5.73. The van der Waals surface area contributed by atoms with E-state index < -0.39 is 0 Å². The van der Waals surface area contributed by atoms with Crippen LogP contribution in [0.15, 0.2) is 0 Å². The SMILES string of the molecule is COCCCOC1CCCCCCCCCCC1O. The molecule has 3 nitrogen and oxygen atoms in total. The fraction of sp³-hybridized carbons (Fsp3) is 1.00. The summed E-state index contributed by atoms with van der Waals surface area (Å²) in [5.41, 5.74) is 0. The first-order valence-corrected chi connectivity index (χ1v) is 8.13. The van der Waals surface area contributed by atoms with Crippen molar-refractivity contribution in [1.82, 2.24) is 0 Å². The lowest BCUT2D eigenvalue weighted by Gasteiger charge is -2.24. The van der Waals surface area contributed by atoms with Crippen LogP contribution in [-0.2, 0) is 9.47 Å². The van der Waals surface area contributed by atoms with Crippen molar-refractivity contribution in [1.29, 1.82) is 0 Å². The van der Waals surface area contributed by atoms with E-state index in [-0.39, 0.29) is 12.2 Å². The zero-order chi connectivity index (χ0) is 13.8. The molecule has 19 heavy (non-hydrogen) atoms. The van der Waals surface area contributed by atoms with Crippen LogP contribution in [0.4, 0.5) is 0 Å². The van der Waals surface area contributed by atoms with Crippen LogP contribution in [0.1, 0.15) is 70.6 Å². The van der Waals surface area contributed by atoms with E-state index in [0.717, 1.165) is 32.3 Å². The van der Waals surface area contributed by atoms with E-state index in [2.05, 4.69) is 0 Å². The number of aliphatic hydroxyl groups excluding tert-OH is 1. The standard InChI is InChI=1S/C16H32O3/c1-18-13-10-14-19-16-12-9-7-5-3-2-4-6-8-11-15(16)17/h15-17H,2-14H2,1H3. The van der Waals surface area contributed by atoms with Gasteiger partial charge in [-0.15, -0.1) is 0 Å². The van der Waals surface area contributed by atoms with Crippen LogP contribution in [0.3, 0.4) is 0 Å². The monoisotopic (exact) mass is 272 g/mol. The molecule has 1 N–H and O–H groups in total. The van der Waals surface area contributed by atoms with Gasteiger partial charge in [0.2, 0.25) is 0 Å². The molecule has 1 rings (SSSR count). The molecule has 2 unspecified atom stereocenters. The van der Waals surface area contributed by atoms with Crippen LogP contribution < -0.4 is 0 Å². The van der Waals surface area contributed by atoms with Gasteiger partial charge in [-0.05, 0) is 19.3 Å². The largest absolute Gasteiger partial charge is 0.390 e. The van der Waals surface area contributed by atoms with Crippen LogP contribution in [0, 0.1) is 0 Å². The van der Waals surface area contributed by atoms with E-state index in [9.17, 15) is 5.11 Å². The van der Waals surface area contributed by atoms with E-state index in [4.69, 9.17) is 9.47 Å². The average Bonchev–Trinajstić information content (AvgIpc) is 2.41. The Bertz CT molecular complexity index is 194. The summed E-state index contributed by atoms with van der Waals surface area (Å²) < 4.78 is 10.9. The summed E-state index contributed by atoms with van der Waals surface area (Å²) in [6.45, 7) is 1.44. The molecule has 0 amide bonds. The molecule has 1 aliphatic carbocycles. The van der Waals surface area contributed by atoms with E-state index in [1.165, 1.54) is 44.9 Å². The molecule has 114 valence electrons. The van der Waals surface area contributed by atoms with Crippen molar-refractivity contribution in [2.24, 2.45) is 0 Å². The number of rotatable bonds is 5. The Morgan fingerprint density at radius 1 is 0.842 bits per heavy atom. The maximum absolute atomic E-state index is 10.3. The average molecular weight is 272 g/mol. The third-order valence-corrected chi connectivity index (χ3v) is 3.99. The zero-order valence-corrected chi connectivity index (χ0v) is 12.6. The molecule has 0 radical (unpaired) electrons. The Balaban J connectivity index is 2.29. The fourth-order valence-corrected chi connectivity index (χ4v) is 2.77. The molecule has 0 aromatic rings. The van der Waals surface area contributed by atoms with Crippen molar-refractivity contribution in [3.8, 4) is 0 Å². The maximum atomic E-state index is 10.3. The van der Waals surface area contributed by atoms with Gasteiger partial charge in [0, 0.05) is 20.3 Å². The number of methoxy groups -OCH3 is 1. The van der Waals surface area contributed by atoms with Crippen LogP contribution >= 0.6 is 0 Å². The highest BCUT2D eigenvalue weighted by molar-refractivity contribution is 4.70. The fourth-order valence-electron chi connectivity index (χ4n) is 2.77. The van der Waals surface area contributed by atoms with Gasteiger partial charge in [-0.3, -0.25) is 0 Å². The number of ether oxygens (including phenoxy) is 2. The van der Waals surface area contributed by atoms with Crippen LogP contribution in [0.2, 0.25) is 0 Å². The van der Waals surface area contributed by atoms with Gasteiger partial charge in [-0.1, -0.05) is 51.4 Å². The first-order chi connectivity index (χ1) is 9.34. The van der Waals surface area contributed by atoms with Crippen molar-refractivity contribution in [2.45, 2.75) is 82.8 Å². The Kier molecular flexibility index (Phi) is 10.4. The van der Waals surface area contributed by atoms with Crippen LogP contribution in [0.25, 0.3) is 0 Å². The van der Waals surface area contributed by atoms with E-state index in [1.54, 1.807) is 7.11 Å². The van der Waals surface area contributed by atoms with Crippen molar-refractivity contribution in [2.75, 3.05) is 20.3 Å². The molecule has 0 aromatic heterocycles. The number of hydrogen-bond donors (Lipinski definition) is 1. The highest BCUT2D eigenvalue weighted by Gasteiger charge is 2.19. The molecule has 3 heteroatoms. The summed E-state index contributed by atoms with van der Waals surface area (Å²) in [5, 5.41) is 10.3. The lowest BCUT2D eigenvalue weighted by Crippen LogP contribution is -2.29. The maximum Gasteiger partial charge on any atom is 0.0833 e. The molecular weight excluding hydrogens is 240 g/mol. The van der Waals surface area contributed by atoms with Crippen molar-refractivity contribution < 1.29 is 14.6 Å². The molecule has 0 aliphatic heterocycles. The molecule has 0 spiro atoms. The Morgan fingerprint density at radius 2 is 1.42 bits per heavy atom. The van der Waals surface area contributed by atoms with E-state index in [1.807, 2.05) is 0 Å². The van der Waals surface area contributed by atoms with Gasteiger partial charge in [-0.2, -0.15) is 0 Å². The van der Waals surface area contributed by atoms with Gasteiger partial charge in [-0.25, -0.2) is 0 Å². The Morgan fingerprint density at radius 3 is 2.05 bits per heavy atom. The molecule has 1 fully saturated rings. The predicted octanol–water partition coefficient (Wildman–Crippen LogP) is 3.68. The Labute approximate surface area is 118 Å². The van der Waals surface area contributed by atoms with Crippen LogP contribution in [0.5, 0.6) is 0 Å². The molecule has 1 saturated carbocycles. The summed E-state index contributed by atoms with van der Waals surface area (Å²) >= 11 is 0. The smallest absolute Gasteiger partial charge is 0.0833 e. The summed E-state index contributed by atoms with van der Waals surface area (Å²) in [5.74, 6) is 0. The predicted molar refractivity (Wildman–Crippen MR) is 78.4 cm³/mol. The highest BCUT2D eigenvalue weighted by atomic mass is 16.5. The van der Waals surface area contributed by atoms with Gasteiger partial charge in [0.1, 0.15) is 0 Å². The van der Waals surface area contributed by atoms with Crippen molar-refractivity contribution in [3.63, 3.8) is 0 Å². The van der Waals surface area contributed by atoms with Gasteiger partial charge in [0.25, 0.3) is 0 Å². The van der Waals surface area contributed by atoms with Crippen molar-refractivity contribution >= 4 is 0 Å². The number of hydrogen-bond acceptors (Lipinski definition) is 3. The highest BCUT2D eigenvalue weighted by Crippen LogP contribution is 2.19. The summed E-state index contributed by atoms with van der Waals surface area (Å²) in [7, 11) is 1.71. The molecule has 0 heterocycles. The molecule has 1 aliphatic rings. The zero-order valence-electron chi connectivity index (χ0n) is 12.6. The molecule has 2 atom stereocenters. The van der Waals surface area contributed by atoms with Gasteiger partial charge < -0.3 is 14.6 Å². The molecule has 0 saturated heterocycles. The summed E-state index contributed by atoms with van der Waals surface area (Å²) in [4.78, 5) is 0. The van der Waals surface area contributed by atoms with Crippen molar-refractivity contribution in [3.05, 3.63) is 0 Å². The minimum Gasteiger partial charge on any atom is -0.390 e. The van der Waals surface area contributed by atoms with Gasteiger partial charge in [0.05, 0.1) is 12.2 Å². The lowest BCUT2D eigenvalue weighted by molar-refractivity contribution is -0.0505. The topological polar surface area (TPSA) is 38.7 Å². The van der Waals surface area contributed by atoms with Gasteiger partial charge in [0.15, 0.2) is 0 Å². The first-order valence-electron chi connectivity index (χ1n) is 8.13. The minimum atomic E-state index is -0.276.